The Kier molecular flexibility index (Phi) is 7.93. The standard InChI is InChI=1S/C21H29N3O6/c1-5-18(19(25)29-15-16-9-11-17(12-10-16)24(27)28)23(20(26)30-21(2,3)4)22-13-7-6-8-14-22/h5,9-12,18H,1,6-8,13-15H2,2-4H3. The molecule has 0 spiro atoms. The van der Waals surface area contributed by atoms with Crippen LogP contribution >= 0.6 is 0 Å². The molecule has 0 bridgehead atoms. The number of non-ortho nitro benzene ring substituents is 1. The Morgan fingerprint density at radius 3 is 2.33 bits per heavy atom. The van der Waals surface area contributed by atoms with Crippen molar-refractivity contribution in [1.82, 2.24) is 10.0 Å². The first-order chi connectivity index (χ1) is 14.1. The number of amides is 1. The lowest BCUT2D eigenvalue weighted by Gasteiger charge is -2.40. The Labute approximate surface area is 176 Å². The lowest BCUT2D eigenvalue weighted by molar-refractivity contribution is -0.384. The number of nitro benzene ring substituents is 1. The van der Waals surface area contributed by atoms with E-state index in [9.17, 15) is 19.7 Å². The number of carbonyl (C=O) groups is 2. The predicted molar refractivity (Wildman–Crippen MR) is 110 cm³/mol. The van der Waals surface area contributed by atoms with Gasteiger partial charge in [-0.2, -0.15) is 0 Å². The highest BCUT2D eigenvalue weighted by atomic mass is 16.6. The molecule has 0 saturated carbocycles. The fourth-order valence-corrected chi connectivity index (χ4v) is 3.06. The molecule has 30 heavy (non-hydrogen) atoms. The zero-order valence-electron chi connectivity index (χ0n) is 17.7. The minimum atomic E-state index is -1.05. The van der Waals surface area contributed by atoms with Gasteiger partial charge in [0.2, 0.25) is 0 Å². The number of hydrogen-bond donors (Lipinski definition) is 0. The van der Waals surface area contributed by atoms with Crippen molar-refractivity contribution in [2.24, 2.45) is 0 Å². The highest BCUT2D eigenvalue weighted by molar-refractivity contribution is 5.83. The molecule has 1 heterocycles. The number of carbonyl (C=O) groups excluding carboxylic acids is 2. The second kappa shape index (κ2) is 10.2. The van der Waals surface area contributed by atoms with E-state index >= 15 is 0 Å². The summed E-state index contributed by atoms with van der Waals surface area (Å²) in [6, 6.07) is 4.68. The van der Waals surface area contributed by atoms with Crippen molar-refractivity contribution in [2.75, 3.05) is 13.1 Å². The van der Waals surface area contributed by atoms with Gasteiger partial charge in [-0.15, -0.1) is 6.58 Å². The third-order valence-corrected chi connectivity index (χ3v) is 4.47. The van der Waals surface area contributed by atoms with Gasteiger partial charge in [0, 0.05) is 25.2 Å². The topological polar surface area (TPSA) is 102 Å². The Morgan fingerprint density at radius 1 is 1.23 bits per heavy atom. The second-order valence-corrected chi connectivity index (χ2v) is 8.05. The average Bonchev–Trinajstić information content (AvgIpc) is 2.69. The summed E-state index contributed by atoms with van der Waals surface area (Å²) in [7, 11) is 0. The SMILES string of the molecule is C=CC(C(=O)OCc1ccc([N+](=O)[O-])cc1)N(C(=O)OC(C)(C)C)N1CCCCC1. The predicted octanol–water partition coefficient (Wildman–Crippen LogP) is 3.83. The Morgan fingerprint density at radius 2 is 1.83 bits per heavy atom. The van der Waals surface area contributed by atoms with Crippen LogP contribution in [0, 0.1) is 10.1 Å². The van der Waals surface area contributed by atoms with Crippen molar-refractivity contribution < 1.29 is 24.0 Å². The average molecular weight is 419 g/mol. The number of piperidine rings is 1. The van der Waals surface area contributed by atoms with Gasteiger partial charge in [-0.1, -0.05) is 12.5 Å². The molecule has 0 radical (unpaired) electrons. The molecule has 1 aromatic rings. The Hall–Kier alpha value is -2.94. The van der Waals surface area contributed by atoms with Crippen LogP contribution in [0.15, 0.2) is 36.9 Å². The first kappa shape index (κ1) is 23.3. The molecule has 1 aromatic carbocycles. The number of hydrazine groups is 1. The zero-order valence-corrected chi connectivity index (χ0v) is 17.7. The summed E-state index contributed by atoms with van der Waals surface area (Å²) in [5.74, 6) is -0.653. The third kappa shape index (κ3) is 6.55. The van der Waals surface area contributed by atoms with E-state index in [1.54, 1.807) is 25.8 Å². The van der Waals surface area contributed by atoms with Crippen LogP contribution in [-0.4, -0.2) is 51.7 Å². The molecule has 1 fully saturated rings. The fraction of sp³-hybridized carbons (Fsp3) is 0.524. The van der Waals surface area contributed by atoms with Gasteiger partial charge >= 0.3 is 12.1 Å². The highest BCUT2D eigenvalue weighted by Gasteiger charge is 2.37. The fourth-order valence-electron chi connectivity index (χ4n) is 3.06. The molecule has 2 rings (SSSR count). The van der Waals surface area contributed by atoms with Crippen LogP contribution in [-0.2, 0) is 20.9 Å². The summed E-state index contributed by atoms with van der Waals surface area (Å²) >= 11 is 0. The maximum Gasteiger partial charge on any atom is 0.426 e. The Balaban J connectivity index is 2.13. The van der Waals surface area contributed by atoms with Gasteiger partial charge in [0.25, 0.3) is 5.69 Å². The molecule has 9 heteroatoms. The van der Waals surface area contributed by atoms with Crippen LogP contribution in [0.5, 0.6) is 0 Å². The van der Waals surface area contributed by atoms with Crippen LogP contribution in [0.25, 0.3) is 0 Å². The number of hydrogen-bond acceptors (Lipinski definition) is 7. The summed E-state index contributed by atoms with van der Waals surface area (Å²) in [6.07, 6.45) is 3.59. The quantitative estimate of drug-likeness (QED) is 0.286. The van der Waals surface area contributed by atoms with Crippen LogP contribution in [0.3, 0.4) is 0 Å². The van der Waals surface area contributed by atoms with Gasteiger partial charge in [-0.25, -0.2) is 19.6 Å². The maximum absolute atomic E-state index is 12.9. The first-order valence-corrected chi connectivity index (χ1v) is 9.92. The van der Waals surface area contributed by atoms with Crippen molar-refractivity contribution in [3.63, 3.8) is 0 Å². The smallest absolute Gasteiger partial charge is 0.426 e. The molecule has 1 aliphatic heterocycles. The number of nitro groups is 1. The van der Waals surface area contributed by atoms with Gasteiger partial charge in [-0.3, -0.25) is 10.1 Å². The van der Waals surface area contributed by atoms with Crippen LogP contribution in [0.4, 0.5) is 10.5 Å². The van der Waals surface area contributed by atoms with Crippen molar-refractivity contribution >= 4 is 17.7 Å². The molecular formula is C21H29N3O6. The van der Waals surface area contributed by atoms with Crippen molar-refractivity contribution in [1.29, 1.82) is 0 Å². The van der Waals surface area contributed by atoms with Crippen molar-refractivity contribution in [3.8, 4) is 0 Å². The van der Waals surface area contributed by atoms with Crippen molar-refractivity contribution in [2.45, 2.75) is 58.3 Å². The molecule has 164 valence electrons. The van der Waals surface area contributed by atoms with Crippen molar-refractivity contribution in [3.05, 3.63) is 52.6 Å². The molecule has 1 amide bonds. The third-order valence-electron chi connectivity index (χ3n) is 4.47. The molecule has 1 atom stereocenters. The summed E-state index contributed by atoms with van der Waals surface area (Å²) < 4.78 is 10.9. The monoisotopic (exact) mass is 419 g/mol. The molecule has 0 N–H and O–H groups in total. The molecular weight excluding hydrogens is 390 g/mol. The second-order valence-electron chi connectivity index (χ2n) is 8.05. The molecule has 1 aliphatic rings. The molecule has 9 nitrogen and oxygen atoms in total. The van der Waals surface area contributed by atoms with Gasteiger partial charge in [0.15, 0.2) is 6.04 Å². The zero-order chi connectivity index (χ0) is 22.3. The summed E-state index contributed by atoms with van der Waals surface area (Å²) in [5, 5.41) is 13.8. The van der Waals surface area contributed by atoms with Gasteiger partial charge in [0.05, 0.1) is 4.92 Å². The minimum Gasteiger partial charge on any atom is -0.459 e. The summed E-state index contributed by atoms with van der Waals surface area (Å²) in [6.45, 7) is 10.2. The Bertz CT molecular complexity index is 766. The van der Waals surface area contributed by atoms with E-state index in [-0.39, 0.29) is 12.3 Å². The summed E-state index contributed by atoms with van der Waals surface area (Å²) in [4.78, 5) is 35.9. The number of nitrogens with zero attached hydrogens (tertiary/aromatic N) is 3. The number of rotatable bonds is 7. The molecule has 0 aromatic heterocycles. The number of esters is 1. The van der Waals surface area contributed by atoms with Gasteiger partial charge < -0.3 is 9.47 Å². The number of benzene rings is 1. The minimum absolute atomic E-state index is 0.0461. The van der Waals surface area contributed by atoms with Crippen LogP contribution in [0.1, 0.15) is 45.6 Å². The lowest BCUT2D eigenvalue weighted by atomic mass is 10.1. The van der Waals surface area contributed by atoms with E-state index in [1.165, 1.54) is 35.4 Å². The molecule has 1 saturated heterocycles. The lowest BCUT2D eigenvalue weighted by Crippen LogP contribution is -2.57. The first-order valence-electron chi connectivity index (χ1n) is 9.92. The summed E-state index contributed by atoms with van der Waals surface area (Å²) in [5.41, 5.74) is -0.173. The van der Waals surface area contributed by atoms with E-state index in [4.69, 9.17) is 9.47 Å². The largest absolute Gasteiger partial charge is 0.459 e. The van der Waals surface area contributed by atoms with Gasteiger partial charge in [0.1, 0.15) is 12.2 Å². The van der Waals surface area contributed by atoms with Crippen LogP contribution in [0.2, 0.25) is 0 Å². The van der Waals surface area contributed by atoms with Gasteiger partial charge in [-0.05, 0) is 51.3 Å². The molecule has 1 unspecified atom stereocenters. The maximum atomic E-state index is 12.9. The van der Waals surface area contributed by atoms with E-state index < -0.39 is 28.6 Å². The van der Waals surface area contributed by atoms with Crippen LogP contribution < -0.4 is 0 Å². The van der Waals surface area contributed by atoms with E-state index in [1.807, 2.05) is 0 Å². The molecule has 0 aliphatic carbocycles. The highest BCUT2D eigenvalue weighted by Crippen LogP contribution is 2.20. The van der Waals surface area contributed by atoms with E-state index in [0.29, 0.717) is 18.7 Å². The van der Waals surface area contributed by atoms with E-state index in [2.05, 4.69) is 6.58 Å². The normalized spacial score (nSPS) is 15.7. The van der Waals surface area contributed by atoms with E-state index in [0.717, 1.165) is 19.3 Å². The number of ether oxygens (including phenoxy) is 2.